The van der Waals surface area contributed by atoms with Crippen LogP contribution in [0.15, 0.2) is 23.8 Å². The average Bonchev–Trinajstić information content (AvgIpc) is 3.56. The van der Waals surface area contributed by atoms with Crippen LogP contribution >= 0.6 is 0 Å². The maximum atomic E-state index is 14.0. The Kier molecular flexibility index (Phi) is 8.64. The molecule has 2 unspecified atom stereocenters. The lowest BCUT2D eigenvalue weighted by molar-refractivity contribution is -0.178. The molecule has 1 aromatic rings. The minimum Gasteiger partial charge on any atom is -0.464 e. The van der Waals surface area contributed by atoms with Gasteiger partial charge in [-0.25, -0.2) is 4.79 Å². The first-order chi connectivity index (χ1) is 19.8. The van der Waals surface area contributed by atoms with E-state index in [0.29, 0.717) is 25.1 Å². The highest BCUT2D eigenvalue weighted by Gasteiger charge is 2.57. The maximum absolute atomic E-state index is 14.0. The van der Waals surface area contributed by atoms with Crippen LogP contribution in [0, 0.1) is 0 Å². The highest BCUT2D eigenvalue weighted by molar-refractivity contribution is 5.86. The van der Waals surface area contributed by atoms with Crippen LogP contribution in [-0.2, 0) is 25.5 Å². The summed E-state index contributed by atoms with van der Waals surface area (Å²) in [7, 11) is 3.74. The molecule has 4 aliphatic rings. The molecule has 42 heavy (non-hydrogen) atoms. The maximum Gasteiger partial charge on any atom is 0.339 e. The molecule has 0 aromatic heterocycles. The molecular formula is C32H46N2O8. The van der Waals surface area contributed by atoms with Gasteiger partial charge in [0.1, 0.15) is 12.7 Å². The van der Waals surface area contributed by atoms with E-state index in [-0.39, 0.29) is 31.3 Å². The molecule has 1 aromatic carbocycles. The number of aliphatic hydroxyl groups is 2. The third-order valence-corrected chi connectivity index (χ3v) is 9.21. The van der Waals surface area contributed by atoms with Crippen molar-refractivity contribution < 1.29 is 38.7 Å². The first-order valence-corrected chi connectivity index (χ1v) is 15.1. The number of hydrogen-bond donors (Lipinski definition) is 2. The molecule has 1 saturated heterocycles. The smallest absolute Gasteiger partial charge is 0.339 e. The molecule has 1 aliphatic carbocycles. The predicted octanol–water partition coefficient (Wildman–Crippen LogP) is 2.93. The van der Waals surface area contributed by atoms with Crippen LogP contribution in [0.5, 0.6) is 11.5 Å². The van der Waals surface area contributed by atoms with E-state index in [1.54, 1.807) is 13.8 Å². The van der Waals surface area contributed by atoms with Gasteiger partial charge in [-0.3, -0.25) is 9.69 Å². The van der Waals surface area contributed by atoms with Gasteiger partial charge in [-0.2, -0.15) is 0 Å². The lowest BCUT2D eigenvalue weighted by atomic mass is 9.77. The van der Waals surface area contributed by atoms with Crippen molar-refractivity contribution in [2.75, 3.05) is 47.1 Å². The lowest BCUT2D eigenvalue weighted by Gasteiger charge is -2.40. The molecule has 0 saturated carbocycles. The topological polar surface area (TPSA) is 118 Å². The van der Waals surface area contributed by atoms with Gasteiger partial charge in [0.05, 0.1) is 17.6 Å². The fourth-order valence-electron chi connectivity index (χ4n) is 7.13. The van der Waals surface area contributed by atoms with Crippen molar-refractivity contribution in [3.05, 3.63) is 34.9 Å². The largest absolute Gasteiger partial charge is 0.464 e. The van der Waals surface area contributed by atoms with Crippen molar-refractivity contribution in [2.24, 2.45) is 0 Å². The van der Waals surface area contributed by atoms with E-state index in [1.165, 1.54) is 0 Å². The summed E-state index contributed by atoms with van der Waals surface area (Å²) < 4.78 is 23.0. The third-order valence-electron chi connectivity index (χ3n) is 9.21. The number of rotatable bonds is 11. The molecular weight excluding hydrogens is 540 g/mol. The molecule has 0 bridgehead atoms. The summed E-state index contributed by atoms with van der Waals surface area (Å²) in [6.45, 7) is 8.03. The van der Waals surface area contributed by atoms with E-state index < -0.39 is 35.7 Å². The van der Waals surface area contributed by atoms with E-state index in [1.807, 2.05) is 32.0 Å². The van der Waals surface area contributed by atoms with E-state index >= 15 is 0 Å². The van der Waals surface area contributed by atoms with Gasteiger partial charge in [0.15, 0.2) is 17.1 Å². The number of likely N-dealkylation sites (N-methyl/N-ethyl adjacent to an activating group) is 1. The molecule has 0 amide bonds. The zero-order valence-electron chi connectivity index (χ0n) is 25.6. The lowest BCUT2D eigenvalue weighted by Crippen LogP contribution is -2.49. The number of benzene rings is 1. The van der Waals surface area contributed by atoms with Gasteiger partial charge in [0.2, 0.25) is 6.79 Å². The van der Waals surface area contributed by atoms with Crippen molar-refractivity contribution in [3.8, 4) is 11.5 Å². The molecule has 4 atom stereocenters. The van der Waals surface area contributed by atoms with E-state index in [0.717, 1.165) is 54.8 Å². The Balaban J connectivity index is 1.43. The second-order valence-corrected chi connectivity index (χ2v) is 13.3. The Hall–Kier alpha value is -2.66. The Morgan fingerprint density at radius 1 is 1.14 bits per heavy atom. The summed E-state index contributed by atoms with van der Waals surface area (Å²) in [5.41, 5.74) is -0.226. The summed E-state index contributed by atoms with van der Waals surface area (Å²) in [5.74, 6) is -0.273. The minimum absolute atomic E-state index is 0.0364. The van der Waals surface area contributed by atoms with Crippen LogP contribution in [0.1, 0.15) is 76.3 Å². The molecule has 5 rings (SSSR count). The second-order valence-electron chi connectivity index (χ2n) is 13.3. The van der Waals surface area contributed by atoms with Gasteiger partial charge in [-0.15, -0.1) is 0 Å². The quantitative estimate of drug-likeness (QED) is 0.296. The fourth-order valence-corrected chi connectivity index (χ4v) is 7.13. The van der Waals surface area contributed by atoms with Crippen molar-refractivity contribution >= 4 is 11.9 Å². The molecule has 232 valence electrons. The molecule has 1 fully saturated rings. The van der Waals surface area contributed by atoms with Crippen molar-refractivity contribution in [3.63, 3.8) is 0 Å². The van der Waals surface area contributed by atoms with Crippen LogP contribution in [0.2, 0.25) is 0 Å². The van der Waals surface area contributed by atoms with E-state index in [9.17, 15) is 19.8 Å². The SMILES string of the molecule is CC1=C[C@]23CCCN2CCc2cc4c(cc2[C@@H]3C1OC(=O)C(O)(CCCC(C)(C)O)CC(=O)OCCN(C)C)OCO4. The third kappa shape index (κ3) is 6.18. The zero-order valence-corrected chi connectivity index (χ0v) is 25.6. The van der Waals surface area contributed by atoms with Crippen LogP contribution < -0.4 is 9.47 Å². The first-order valence-electron chi connectivity index (χ1n) is 15.1. The number of esters is 2. The van der Waals surface area contributed by atoms with Gasteiger partial charge < -0.3 is 34.1 Å². The van der Waals surface area contributed by atoms with Crippen LogP contribution in [0.4, 0.5) is 0 Å². The van der Waals surface area contributed by atoms with Crippen molar-refractivity contribution in [2.45, 2.75) is 94.5 Å². The van der Waals surface area contributed by atoms with Crippen LogP contribution in [0.25, 0.3) is 0 Å². The second kappa shape index (κ2) is 11.8. The zero-order chi connectivity index (χ0) is 30.3. The summed E-state index contributed by atoms with van der Waals surface area (Å²) in [6.07, 6.45) is 4.58. The standard InChI is InChI=1S/C32H46N2O8/c1-21-18-31-10-7-12-34(31)13-8-22-16-24-25(41-20-40-24)17-23(22)27(31)28(21)42-29(36)32(38,11-6-9-30(2,3)37)19-26(35)39-15-14-33(4)5/h16-18,27-28,37-38H,6-15,19-20H2,1-5H3/t27-,28?,31+,32?/m1/s1. The number of carbonyl (C=O) groups is 2. The van der Waals surface area contributed by atoms with E-state index in [4.69, 9.17) is 18.9 Å². The molecule has 0 radical (unpaired) electrons. The monoisotopic (exact) mass is 586 g/mol. The van der Waals surface area contributed by atoms with Gasteiger partial charge in [0, 0.05) is 19.0 Å². The molecule has 10 heteroatoms. The Bertz CT molecular complexity index is 1220. The number of fused-ring (bicyclic) bond motifs is 3. The van der Waals surface area contributed by atoms with Crippen molar-refractivity contribution in [1.29, 1.82) is 0 Å². The summed E-state index contributed by atoms with van der Waals surface area (Å²) >= 11 is 0. The van der Waals surface area contributed by atoms with Gasteiger partial charge >= 0.3 is 11.9 Å². The minimum atomic E-state index is -2.09. The first kappa shape index (κ1) is 30.8. The van der Waals surface area contributed by atoms with Gasteiger partial charge in [-0.1, -0.05) is 6.08 Å². The molecule has 2 N–H and O–H groups in total. The van der Waals surface area contributed by atoms with Crippen LogP contribution in [-0.4, -0.2) is 102 Å². The Morgan fingerprint density at radius 2 is 1.88 bits per heavy atom. The summed E-state index contributed by atoms with van der Waals surface area (Å²) in [6, 6.07) is 4.09. The number of ether oxygens (including phenoxy) is 4. The predicted molar refractivity (Wildman–Crippen MR) is 155 cm³/mol. The number of carbonyl (C=O) groups excluding carboxylic acids is 2. The van der Waals surface area contributed by atoms with Gasteiger partial charge in [0.25, 0.3) is 0 Å². The summed E-state index contributed by atoms with van der Waals surface area (Å²) in [4.78, 5) is 31.1. The molecule has 10 nitrogen and oxygen atoms in total. The number of nitrogens with zero attached hydrogens (tertiary/aromatic N) is 2. The normalized spacial score (nSPS) is 26.1. The summed E-state index contributed by atoms with van der Waals surface area (Å²) in [5, 5.41) is 22.0. The molecule has 1 spiro atoms. The van der Waals surface area contributed by atoms with E-state index in [2.05, 4.69) is 17.0 Å². The molecule has 3 heterocycles. The highest BCUT2D eigenvalue weighted by atomic mass is 16.7. The fraction of sp³-hybridized carbons (Fsp3) is 0.688. The Labute approximate surface area is 248 Å². The van der Waals surface area contributed by atoms with Gasteiger partial charge in [-0.05, 0) is 109 Å². The highest BCUT2D eigenvalue weighted by Crippen LogP contribution is 2.55. The van der Waals surface area contributed by atoms with Crippen molar-refractivity contribution in [1.82, 2.24) is 9.80 Å². The number of hydrogen-bond acceptors (Lipinski definition) is 10. The Morgan fingerprint density at radius 3 is 2.60 bits per heavy atom. The molecule has 3 aliphatic heterocycles. The van der Waals surface area contributed by atoms with Crippen LogP contribution in [0.3, 0.4) is 0 Å². The average molecular weight is 587 g/mol.